The van der Waals surface area contributed by atoms with Gasteiger partial charge in [-0.05, 0) is 19.8 Å². The van der Waals surface area contributed by atoms with Crippen LogP contribution in [0.15, 0.2) is 10.6 Å². The van der Waals surface area contributed by atoms with Crippen LogP contribution in [0.2, 0.25) is 0 Å². The fourth-order valence-electron chi connectivity index (χ4n) is 2.09. The Morgan fingerprint density at radius 3 is 2.74 bits per heavy atom. The summed E-state index contributed by atoms with van der Waals surface area (Å²) in [6.45, 7) is 2.97. The zero-order valence-corrected chi connectivity index (χ0v) is 10.7. The number of hydrogen-bond donors (Lipinski definition) is 2. The highest BCUT2D eigenvalue weighted by Crippen LogP contribution is 2.32. The van der Waals surface area contributed by atoms with Crippen LogP contribution in [-0.2, 0) is 4.79 Å². The Labute approximate surface area is 110 Å². The first-order valence-corrected chi connectivity index (χ1v) is 6.41. The van der Waals surface area contributed by atoms with Crippen LogP contribution in [0, 0.1) is 12.8 Å². The van der Waals surface area contributed by atoms with Gasteiger partial charge in [-0.25, -0.2) is 4.79 Å². The molecule has 0 aromatic carbocycles. The molecule has 102 valence electrons. The SMILES string of the molecule is Cc1cc(NC(=O)NC2CN(C(=O)C3CC3)C2)on1. The lowest BCUT2D eigenvalue weighted by Gasteiger charge is -2.39. The molecule has 0 bridgehead atoms. The summed E-state index contributed by atoms with van der Waals surface area (Å²) in [7, 11) is 0. The monoisotopic (exact) mass is 264 g/mol. The molecule has 3 rings (SSSR count). The molecule has 0 radical (unpaired) electrons. The Hall–Kier alpha value is -2.05. The van der Waals surface area contributed by atoms with E-state index in [-0.39, 0.29) is 23.9 Å². The fourth-order valence-corrected chi connectivity index (χ4v) is 2.09. The Morgan fingerprint density at radius 2 is 2.16 bits per heavy atom. The summed E-state index contributed by atoms with van der Waals surface area (Å²) in [4.78, 5) is 25.1. The quantitative estimate of drug-likeness (QED) is 0.842. The molecule has 1 aliphatic carbocycles. The third-order valence-corrected chi connectivity index (χ3v) is 3.32. The van der Waals surface area contributed by atoms with Crippen molar-refractivity contribution in [3.63, 3.8) is 0 Å². The maximum Gasteiger partial charge on any atom is 0.321 e. The van der Waals surface area contributed by atoms with E-state index in [0.29, 0.717) is 24.7 Å². The summed E-state index contributed by atoms with van der Waals surface area (Å²) in [5, 5.41) is 9.02. The summed E-state index contributed by atoms with van der Waals surface area (Å²) in [6.07, 6.45) is 2.03. The average molecular weight is 264 g/mol. The molecule has 0 unspecified atom stereocenters. The van der Waals surface area contributed by atoms with Crippen LogP contribution in [0.3, 0.4) is 0 Å². The second-order valence-electron chi connectivity index (χ2n) is 5.15. The lowest BCUT2D eigenvalue weighted by molar-refractivity contribution is -0.137. The molecule has 1 aromatic heterocycles. The third kappa shape index (κ3) is 2.69. The number of hydrogen-bond acceptors (Lipinski definition) is 4. The van der Waals surface area contributed by atoms with E-state index in [1.165, 1.54) is 0 Å². The van der Waals surface area contributed by atoms with Gasteiger partial charge in [0.2, 0.25) is 11.8 Å². The molecule has 0 spiro atoms. The van der Waals surface area contributed by atoms with Gasteiger partial charge >= 0.3 is 6.03 Å². The molecule has 19 heavy (non-hydrogen) atoms. The Balaban J connectivity index is 1.40. The average Bonchev–Trinajstić information content (AvgIpc) is 3.08. The summed E-state index contributed by atoms with van der Waals surface area (Å²) in [5.41, 5.74) is 0.708. The molecule has 7 nitrogen and oxygen atoms in total. The Kier molecular flexibility index (Phi) is 2.88. The third-order valence-electron chi connectivity index (χ3n) is 3.32. The van der Waals surface area contributed by atoms with E-state index in [0.717, 1.165) is 12.8 Å². The van der Waals surface area contributed by atoms with E-state index >= 15 is 0 Å². The van der Waals surface area contributed by atoms with Crippen molar-refractivity contribution in [1.82, 2.24) is 15.4 Å². The van der Waals surface area contributed by atoms with Crippen molar-refractivity contribution in [2.24, 2.45) is 5.92 Å². The predicted molar refractivity (Wildman–Crippen MR) is 66.5 cm³/mol. The van der Waals surface area contributed by atoms with Crippen molar-refractivity contribution in [3.8, 4) is 0 Å². The molecule has 1 aromatic rings. The van der Waals surface area contributed by atoms with Crippen molar-refractivity contribution in [3.05, 3.63) is 11.8 Å². The van der Waals surface area contributed by atoms with Gasteiger partial charge in [-0.15, -0.1) is 0 Å². The lowest BCUT2D eigenvalue weighted by atomic mass is 10.1. The van der Waals surface area contributed by atoms with Gasteiger partial charge < -0.3 is 14.7 Å². The number of aromatic nitrogens is 1. The molecule has 1 saturated heterocycles. The summed E-state index contributed by atoms with van der Waals surface area (Å²) < 4.78 is 4.88. The van der Waals surface area contributed by atoms with Crippen LogP contribution < -0.4 is 10.6 Å². The number of nitrogens with zero attached hydrogens (tertiary/aromatic N) is 2. The topological polar surface area (TPSA) is 87.5 Å². The molecule has 7 heteroatoms. The second-order valence-corrected chi connectivity index (χ2v) is 5.15. The van der Waals surface area contributed by atoms with Crippen LogP contribution in [0.5, 0.6) is 0 Å². The van der Waals surface area contributed by atoms with Gasteiger partial charge in [-0.3, -0.25) is 10.1 Å². The van der Waals surface area contributed by atoms with E-state index < -0.39 is 0 Å². The molecule has 1 aliphatic heterocycles. The van der Waals surface area contributed by atoms with E-state index in [1.54, 1.807) is 17.9 Å². The molecule has 2 aliphatic rings. The van der Waals surface area contributed by atoms with Crippen molar-refractivity contribution in [2.45, 2.75) is 25.8 Å². The maximum atomic E-state index is 11.7. The first-order chi connectivity index (χ1) is 9.11. The van der Waals surface area contributed by atoms with Crippen molar-refractivity contribution in [2.75, 3.05) is 18.4 Å². The molecule has 3 amide bonds. The van der Waals surface area contributed by atoms with Crippen molar-refractivity contribution < 1.29 is 14.1 Å². The van der Waals surface area contributed by atoms with Gasteiger partial charge in [-0.1, -0.05) is 5.16 Å². The number of carbonyl (C=O) groups is 2. The zero-order chi connectivity index (χ0) is 13.4. The fraction of sp³-hybridized carbons (Fsp3) is 0.583. The minimum atomic E-state index is -0.334. The summed E-state index contributed by atoms with van der Waals surface area (Å²) >= 11 is 0. The molecule has 2 heterocycles. The largest absolute Gasteiger partial charge is 0.338 e. The minimum Gasteiger partial charge on any atom is -0.338 e. The minimum absolute atomic E-state index is 0.0201. The van der Waals surface area contributed by atoms with Crippen LogP contribution in [-0.4, -0.2) is 41.1 Å². The van der Waals surface area contributed by atoms with E-state index in [1.807, 2.05) is 0 Å². The Bertz CT molecular complexity index is 503. The molecule has 2 N–H and O–H groups in total. The van der Waals surface area contributed by atoms with Crippen LogP contribution in [0.4, 0.5) is 10.7 Å². The number of anilines is 1. The van der Waals surface area contributed by atoms with Crippen molar-refractivity contribution in [1.29, 1.82) is 0 Å². The Morgan fingerprint density at radius 1 is 1.42 bits per heavy atom. The molecular weight excluding hydrogens is 248 g/mol. The molecule has 2 fully saturated rings. The van der Waals surface area contributed by atoms with Gasteiger partial charge in [0.1, 0.15) is 0 Å². The number of amides is 3. The normalized spacial score (nSPS) is 18.9. The highest BCUT2D eigenvalue weighted by Gasteiger charge is 2.39. The van der Waals surface area contributed by atoms with Gasteiger partial charge in [0.25, 0.3) is 0 Å². The molecular formula is C12H16N4O3. The van der Waals surface area contributed by atoms with E-state index in [9.17, 15) is 9.59 Å². The summed E-state index contributed by atoms with van der Waals surface area (Å²) in [5.74, 6) is 0.788. The lowest BCUT2D eigenvalue weighted by Crippen LogP contribution is -2.61. The van der Waals surface area contributed by atoms with Gasteiger partial charge in [0, 0.05) is 25.1 Å². The maximum absolute atomic E-state index is 11.7. The van der Waals surface area contributed by atoms with Crippen LogP contribution in [0.1, 0.15) is 18.5 Å². The number of nitrogens with one attached hydrogen (secondary N) is 2. The molecule has 1 saturated carbocycles. The predicted octanol–water partition coefficient (Wildman–Crippen LogP) is 0.725. The van der Waals surface area contributed by atoms with E-state index in [2.05, 4.69) is 15.8 Å². The van der Waals surface area contributed by atoms with Crippen LogP contribution in [0.25, 0.3) is 0 Å². The first kappa shape index (κ1) is 12.0. The number of urea groups is 1. The van der Waals surface area contributed by atoms with Crippen LogP contribution >= 0.6 is 0 Å². The zero-order valence-electron chi connectivity index (χ0n) is 10.7. The number of aryl methyl sites for hydroxylation is 1. The number of rotatable bonds is 3. The number of carbonyl (C=O) groups excluding carboxylic acids is 2. The van der Waals surface area contributed by atoms with Gasteiger partial charge in [0.05, 0.1) is 11.7 Å². The highest BCUT2D eigenvalue weighted by molar-refractivity contribution is 5.88. The number of likely N-dealkylation sites (tertiary alicyclic amines) is 1. The van der Waals surface area contributed by atoms with Gasteiger partial charge in [0.15, 0.2) is 0 Å². The highest BCUT2D eigenvalue weighted by atomic mass is 16.5. The standard InChI is InChI=1S/C12H16N4O3/c1-7-4-10(19-15-7)14-12(18)13-9-5-16(6-9)11(17)8-2-3-8/h4,8-9H,2-3,5-6H2,1H3,(H2,13,14,18). The molecule has 0 atom stereocenters. The smallest absolute Gasteiger partial charge is 0.321 e. The van der Waals surface area contributed by atoms with Gasteiger partial charge in [-0.2, -0.15) is 0 Å². The van der Waals surface area contributed by atoms with Crippen molar-refractivity contribution >= 4 is 17.8 Å². The second kappa shape index (κ2) is 4.56. The first-order valence-electron chi connectivity index (χ1n) is 6.41. The van der Waals surface area contributed by atoms with E-state index in [4.69, 9.17) is 4.52 Å². The summed E-state index contributed by atoms with van der Waals surface area (Å²) in [6, 6.07) is 1.33.